The molecule has 0 radical (unpaired) electrons. The maximum atomic E-state index is 11.7. The highest BCUT2D eigenvalue weighted by Gasteiger charge is 2.31. The van der Waals surface area contributed by atoms with Crippen LogP contribution in [0.25, 0.3) is 0 Å². The van der Waals surface area contributed by atoms with Gasteiger partial charge in [-0.05, 0) is 32.4 Å². The maximum absolute atomic E-state index is 11.7. The Morgan fingerprint density at radius 3 is 2.87 bits per heavy atom. The van der Waals surface area contributed by atoms with E-state index < -0.39 is 9.84 Å². The Balaban J connectivity index is 1.78. The minimum absolute atomic E-state index is 0.0791. The molecule has 3 heterocycles. The van der Waals surface area contributed by atoms with Crippen LogP contribution in [-0.4, -0.2) is 40.9 Å². The quantitative estimate of drug-likeness (QED) is 0.679. The van der Waals surface area contributed by atoms with Gasteiger partial charge in [0.2, 0.25) is 0 Å². The lowest BCUT2D eigenvalue weighted by atomic mass is 10.2. The van der Waals surface area contributed by atoms with Gasteiger partial charge in [0, 0.05) is 17.5 Å². The summed E-state index contributed by atoms with van der Waals surface area (Å²) in [4.78, 5) is 4.13. The van der Waals surface area contributed by atoms with Crippen molar-refractivity contribution in [2.45, 2.75) is 26.3 Å². The number of rotatable bonds is 4. The van der Waals surface area contributed by atoms with Crippen molar-refractivity contribution in [3.63, 3.8) is 0 Å². The van der Waals surface area contributed by atoms with Crippen molar-refractivity contribution in [3.8, 4) is 0 Å². The number of nitrogens with one attached hydrogen (secondary N) is 1. The van der Waals surface area contributed by atoms with Crippen molar-refractivity contribution in [2.75, 3.05) is 16.9 Å². The van der Waals surface area contributed by atoms with Gasteiger partial charge >= 0.3 is 0 Å². The number of aromatic nitrogens is 3. The summed E-state index contributed by atoms with van der Waals surface area (Å²) < 4.78 is 25.1. The number of hydrazone groups is 1. The summed E-state index contributed by atoms with van der Waals surface area (Å²) in [5, 5.41) is 8.69. The largest absolute Gasteiger partial charge is 0.265 e. The van der Waals surface area contributed by atoms with Crippen LogP contribution >= 0.6 is 0 Å². The van der Waals surface area contributed by atoms with E-state index >= 15 is 0 Å². The highest BCUT2D eigenvalue weighted by molar-refractivity contribution is 7.91. The molecular formula is C15H19N5O2S. The summed E-state index contributed by atoms with van der Waals surface area (Å²) in [6, 6.07) is 5.46. The first-order valence-corrected chi connectivity index (χ1v) is 9.24. The van der Waals surface area contributed by atoms with E-state index in [1.807, 2.05) is 36.7 Å². The number of aryl methyl sites for hydroxylation is 1. The third-order valence-electron chi connectivity index (χ3n) is 3.97. The molecule has 2 aromatic heterocycles. The standard InChI is InChI=1S/C15H19N5O2S/c1-11-14(9-17-18-15-5-3-4-7-16-15)12(2)20(19-11)13-6-8-23(21,22)10-13/h3-5,7,9,13H,6,8,10H2,1-2H3,(H,16,18)/b17-9-/t13-/m0/s1. The fraction of sp³-hybridized carbons (Fsp3) is 0.400. The van der Waals surface area contributed by atoms with E-state index in [4.69, 9.17) is 0 Å². The van der Waals surface area contributed by atoms with Crippen LogP contribution in [-0.2, 0) is 9.84 Å². The van der Waals surface area contributed by atoms with Gasteiger partial charge in [0.1, 0.15) is 5.82 Å². The van der Waals surface area contributed by atoms with Gasteiger partial charge in [0.05, 0.1) is 29.5 Å². The second kappa shape index (κ2) is 6.11. The fourth-order valence-corrected chi connectivity index (χ4v) is 4.47. The Morgan fingerprint density at radius 1 is 1.39 bits per heavy atom. The fourth-order valence-electron chi connectivity index (χ4n) is 2.78. The Hall–Kier alpha value is -2.22. The second-order valence-electron chi connectivity index (χ2n) is 5.67. The third kappa shape index (κ3) is 3.42. The summed E-state index contributed by atoms with van der Waals surface area (Å²) in [5.41, 5.74) is 5.52. The van der Waals surface area contributed by atoms with Crippen LogP contribution in [0.2, 0.25) is 0 Å². The maximum Gasteiger partial charge on any atom is 0.152 e. The van der Waals surface area contributed by atoms with E-state index in [2.05, 4.69) is 20.6 Å². The Kier molecular flexibility index (Phi) is 4.16. The first-order valence-electron chi connectivity index (χ1n) is 7.42. The van der Waals surface area contributed by atoms with E-state index in [0.29, 0.717) is 12.2 Å². The minimum atomic E-state index is -2.93. The lowest BCUT2D eigenvalue weighted by molar-refractivity contribution is 0.486. The molecular weight excluding hydrogens is 314 g/mol. The average molecular weight is 333 g/mol. The molecule has 7 nitrogen and oxygen atoms in total. The van der Waals surface area contributed by atoms with Gasteiger partial charge < -0.3 is 0 Å². The Bertz CT molecular complexity index is 827. The third-order valence-corrected chi connectivity index (χ3v) is 5.72. The highest BCUT2D eigenvalue weighted by atomic mass is 32.2. The Morgan fingerprint density at radius 2 is 2.22 bits per heavy atom. The minimum Gasteiger partial charge on any atom is -0.265 e. The summed E-state index contributed by atoms with van der Waals surface area (Å²) in [5.74, 6) is 1.06. The van der Waals surface area contributed by atoms with Crippen LogP contribution in [0.15, 0.2) is 29.5 Å². The van der Waals surface area contributed by atoms with E-state index in [-0.39, 0.29) is 17.5 Å². The van der Waals surface area contributed by atoms with Crippen molar-refractivity contribution in [2.24, 2.45) is 5.10 Å². The van der Waals surface area contributed by atoms with Gasteiger partial charge in [-0.15, -0.1) is 0 Å². The lowest BCUT2D eigenvalue weighted by Gasteiger charge is -2.10. The zero-order valence-electron chi connectivity index (χ0n) is 13.1. The number of nitrogens with zero attached hydrogens (tertiary/aromatic N) is 4. The number of sulfone groups is 1. The van der Waals surface area contributed by atoms with Gasteiger partial charge in [-0.1, -0.05) is 6.07 Å². The zero-order valence-corrected chi connectivity index (χ0v) is 13.9. The molecule has 0 aliphatic carbocycles. The van der Waals surface area contributed by atoms with Crippen LogP contribution in [0.5, 0.6) is 0 Å². The number of anilines is 1. The van der Waals surface area contributed by atoms with Gasteiger partial charge in [-0.3, -0.25) is 10.1 Å². The van der Waals surface area contributed by atoms with Crippen LogP contribution in [0.4, 0.5) is 5.82 Å². The van der Waals surface area contributed by atoms with E-state index in [0.717, 1.165) is 17.0 Å². The number of hydrogen-bond donors (Lipinski definition) is 1. The molecule has 0 amide bonds. The van der Waals surface area contributed by atoms with E-state index in [1.54, 1.807) is 12.4 Å². The molecule has 122 valence electrons. The molecule has 1 aliphatic heterocycles. The predicted molar refractivity (Wildman–Crippen MR) is 89.5 cm³/mol. The SMILES string of the molecule is Cc1nn([C@H]2CCS(=O)(=O)C2)c(C)c1/C=N\Nc1ccccn1. The van der Waals surface area contributed by atoms with Crippen LogP contribution in [0, 0.1) is 13.8 Å². The number of pyridine rings is 1. The number of hydrogen-bond acceptors (Lipinski definition) is 6. The molecule has 3 rings (SSSR count). The average Bonchev–Trinajstić information content (AvgIpc) is 3.01. The summed E-state index contributed by atoms with van der Waals surface area (Å²) >= 11 is 0. The predicted octanol–water partition coefficient (Wildman–Crippen LogP) is 1.70. The smallest absolute Gasteiger partial charge is 0.152 e. The second-order valence-corrected chi connectivity index (χ2v) is 7.90. The molecule has 0 aromatic carbocycles. The van der Waals surface area contributed by atoms with E-state index in [9.17, 15) is 8.42 Å². The van der Waals surface area contributed by atoms with Crippen molar-refractivity contribution >= 4 is 21.9 Å². The molecule has 0 bridgehead atoms. The van der Waals surface area contributed by atoms with Crippen molar-refractivity contribution < 1.29 is 8.42 Å². The molecule has 0 saturated carbocycles. The monoisotopic (exact) mass is 333 g/mol. The summed E-state index contributed by atoms with van der Waals surface area (Å²) in [7, 11) is -2.93. The molecule has 1 N–H and O–H groups in total. The Labute approximate surface area is 135 Å². The van der Waals surface area contributed by atoms with Crippen molar-refractivity contribution in [1.82, 2.24) is 14.8 Å². The van der Waals surface area contributed by atoms with Crippen LogP contribution in [0.3, 0.4) is 0 Å². The van der Waals surface area contributed by atoms with Gasteiger partial charge in [0.15, 0.2) is 9.84 Å². The summed E-state index contributed by atoms with van der Waals surface area (Å²) in [6.45, 7) is 3.84. The van der Waals surface area contributed by atoms with E-state index in [1.165, 1.54) is 0 Å². The zero-order chi connectivity index (χ0) is 16.4. The molecule has 0 unspecified atom stereocenters. The molecule has 2 aromatic rings. The highest BCUT2D eigenvalue weighted by Crippen LogP contribution is 2.26. The van der Waals surface area contributed by atoms with Crippen molar-refractivity contribution in [3.05, 3.63) is 41.3 Å². The van der Waals surface area contributed by atoms with Gasteiger partial charge in [-0.25, -0.2) is 13.4 Å². The molecule has 23 heavy (non-hydrogen) atoms. The normalized spacial score (nSPS) is 20.2. The van der Waals surface area contributed by atoms with Crippen LogP contribution in [0.1, 0.15) is 29.4 Å². The van der Waals surface area contributed by atoms with Gasteiger partial charge in [0.25, 0.3) is 0 Å². The first-order chi connectivity index (χ1) is 11.0. The molecule has 8 heteroatoms. The molecule has 1 aliphatic rings. The topological polar surface area (TPSA) is 89.2 Å². The molecule has 1 atom stereocenters. The summed E-state index contributed by atoms with van der Waals surface area (Å²) in [6.07, 6.45) is 4.01. The molecule has 1 fully saturated rings. The molecule has 1 saturated heterocycles. The van der Waals surface area contributed by atoms with Crippen LogP contribution < -0.4 is 5.43 Å². The lowest BCUT2D eigenvalue weighted by Crippen LogP contribution is -2.14. The first kappa shape index (κ1) is 15.7. The van der Waals surface area contributed by atoms with Crippen molar-refractivity contribution in [1.29, 1.82) is 0 Å². The van der Waals surface area contributed by atoms with Gasteiger partial charge in [-0.2, -0.15) is 10.2 Å². The molecule has 0 spiro atoms.